The van der Waals surface area contributed by atoms with Crippen LogP contribution in [0.4, 0.5) is 17.6 Å². The molecule has 0 aromatic heterocycles. The second-order valence-electron chi connectivity index (χ2n) is 5.64. The molecule has 1 saturated heterocycles. The molecule has 1 heterocycles. The van der Waals surface area contributed by atoms with Crippen molar-refractivity contribution in [3.05, 3.63) is 35.1 Å². The lowest BCUT2D eigenvalue weighted by molar-refractivity contribution is -0.140. The van der Waals surface area contributed by atoms with E-state index in [-0.39, 0.29) is 6.04 Å². The maximum absolute atomic E-state index is 14.2. The van der Waals surface area contributed by atoms with Gasteiger partial charge < -0.3 is 10.2 Å². The summed E-state index contributed by atoms with van der Waals surface area (Å²) in [6.45, 7) is 3.76. The average molecular weight is 332 g/mol. The molecule has 0 unspecified atom stereocenters. The quantitative estimate of drug-likeness (QED) is 0.857. The molecule has 23 heavy (non-hydrogen) atoms. The highest BCUT2D eigenvalue weighted by atomic mass is 19.4. The normalized spacial score (nSPS) is 16.4. The molecule has 1 amide bonds. The van der Waals surface area contributed by atoms with E-state index in [2.05, 4.69) is 5.32 Å². The molecule has 2 rings (SSSR count). The number of nitrogens with one attached hydrogen (secondary N) is 1. The molecule has 1 N–H and O–H groups in total. The number of benzene rings is 1. The van der Waals surface area contributed by atoms with Crippen molar-refractivity contribution in [2.45, 2.75) is 38.4 Å². The molecule has 0 aliphatic carbocycles. The highest BCUT2D eigenvalue weighted by molar-refractivity contribution is 5.95. The van der Waals surface area contributed by atoms with Gasteiger partial charge in [0.15, 0.2) is 0 Å². The highest BCUT2D eigenvalue weighted by Crippen LogP contribution is 2.33. The molecule has 0 spiro atoms. The number of hydrogen-bond donors (Lipinski definition) is 1. The number of halogens is 4. The third-order valence-corrected chi connectivity index (χ3v) is 4.01. The van der Waals surface area contributed by atoms with Crippen molar-refractivity contribution in [1.82, 2.24) is 10.2 Å². The topological polar surface area (TPSA) is 32.3 Å². The molecule has 0 saturated carbocycles. The predicted octanol–water partition coefficient (Wildman–Crippen LogP) is 3.45. The van der Waals surface area contributed by atoms with Gasteiger partial charge in [0, 0.05) is 12.6 Å². The number of alkyl halides is 3. The van der Waals surface area contributed by atoms with Gasteiger partial charge in [-0.1, -0.05) is 13.0 Å². The molecule has 7 heteroatoms. The summed E-state index contributed by atoms with van der Waals surface area (Å²) in [5.74, 6) is -2.15. The van der Waals surface area contributed by atoms with E-state index in [1.54, 1.807) is 0 Å². The summed E-state index contributed by atoms with van der Waals surface area (Å²) in [5, 5.41) is 3.17. The maximum Gasteiger partial charge on any atom is 0.419 e. The number of piperidine rings is 1. The molecule has 1 aliphatic rings. The second kappa shape index (κ2) is 7.29. The van der Waals surface area contributed by atoms with Crippen molar-refractivity contribution >= 4 is 5.91 Å². The van der Waals surface area contributed by atoms with Gasteiger partial charge in [0.25, 0.3) is 5.91 Å². The molecular weight excluding hydrogens is 312 g/mol. The van der Waals surface area contributed by atoms with Crippen LogP contribution >= 0.6 is 0 Å². The fourth-order valence-electron chi connectivity index (χ4n) is 2.88. The van der Waals surface area contributed by atoms with Crippen molar-refractivity contribution in [2.24, 2.45) is 0 Å². The molecule has 1 aromatic carbocycles. The van der Waals surface area contributed by atoms with E-state index < -0.39 is 29.0 Å². The van der Waals surface area contributed by atoms with Gasteiger partial charge in [-0.05, 0) is 44.5 Å². The minimum absolute atomic E-state index is 0.0716. The van der Waals surface area contributed by atoms with E-state index >= 15 is 0 Å². The van der Waals surface area contributed by atoms with Crippen molar-refractivity contribution in [3.63, 3.8) is 0 Å². The van der Waals surface area contributed by atoms with Crippen LogP contribution in [0, 0.1) is 5.82 Å². The van der Waals surface area contributed by atoms with Crippen LogP contribution in [0.3, 0.4) is 0 Å². The van der Waals surface area contributed by atoms with Gasteiger partial charge in [-0.15, -0.1) is 0 Å². The van der Waals surface area contributed by atoms with Crippen LogP contribution in [0.2, 0.25) is 0 Å². The van der Waals surface area contributed by atoms with Crippen LogP contribution in [0.15, 0.2) is 18.2 Å². The van der Waals surface area contributed by atoms with Gasteiger partial charge in [-0.3, -0.25) is 4.79 Å². The van der Waals surface area contributed by atoms with Gasteiger partial charge in [0.1, 0.15) is 5.82 Å². The molecular formula is C16H20F4N2O. The molecule has 1 fully saturated rings. The first-order chi connectivity index (χ1) is 10.9. The van der Waals surface area contributed by atoms with Gasteiger partial charge in [-0.2, -0.15) is 13.2 Å². The van der Waals surface area contributed by atoms with Crippen LogP contribution in [0.25, 0.3) is 0 Å². The summed E-state index contributed by atoms with van der Waals surface area (Å²) in [6.07, 6.45) is -2.72. The zero-order valence-electron chi connectivity index (χ0n) is 12.9. The molecule has 1 aromatic rings. The van der Waals surface area contributed by atoms with Crippen molar-refractivity contribution in [1.29, 1.82) is 0 Å². The SMILES string of the molecule is CCCN(C(=O)c1cccc(C(F)(F)F)c1F)C1CCNCC1. The van der Waals surface area contributed by atoms with E-state index in [1.807, 2.05) is 6.92 Å². The highest BCUT2D eigenvalue weighted by Gasteiger charge is 2.37. The number of carbonyl (C=O) groups is 1. The molecule has 0 radical (unpaired) electrons. The number of carbonyl (C=O) groups excluding carboxylic acids is 1. The zero-order valence-corrected chi connectivity index (χ0v) is 12.9. The van der Waals surface area contributed by atoms with Crippen LogP contribution in [0.1, 0.15) is 42.1 Å². The van der Waals surface area contributed by atoms with Gasteiger partial charge in [0.05, 0.1) is 11.1 Å². The second-order valence-corrected chi connectivity index (χ2v) is 5.64. The lowest BCUT2D eigenvalue weighted by Crippen LogP contribution is -2.46. The van der Waals surface area contributed by atoms with E-state index in [0.29, 0.717) is 31.9 Å². The average Bonchev–Trinajstić information content (AvgIpc) is 2.52. The predicted molar refractivity (Wildman–Crippen MR) is 78.6 cm³/mol. The minimum Gasteiger partial charge on any atom is -0.335 e. The largest absolute Gasteiger partial charge is 0.419 e. The Balaban J connectivity index is 2.33. The number of hydrogen-bond acceptors (Lipinski definition) is 2. The summed E-state index contributed by atoms with van der Waals surface area (Å²) in [5.41, 5.74) is -1.91. The fourth-order valence-corrected chi connectivity index (χ4v) is 2.88. The summed E-state index contributed by atoms with van der Waals surface area (Å²) < 4.78 is 52.7. The van der Waals surface area contributed by atoms with Crippen molar-refractivity contribution in [3.8, 4) is 0 Å². The molecule has 1 aliphatic heterocycles. The minimum atomic E-state index is -4.81. The summed E-state index contributed by atoms with van der Waals surface area (Å²) in [6, 6.07) is 2.78. The Labute approximate surface area is 132 Å². The van der Waals surface area contributed by atoms with Crippen LogP contribution in [0.5, 0.6) is 0 Å². The summed E-state index contributed by atoms with van der Waals surface area (Å²) in [4.78, 5) is 14.1. The molecule has 0 bridgehead atoms. The van der Waals surface area contributed by atoms with Gasteiger partial charge in [0.2, 0.25) is 0 Å². The van der Waals surface area contributed by atoms with Crippen molar-refractivity contribution < 1.29 is 22.4 Å². The molecule has 128 valence electrons. The number of amides is 1. The number of rotatable bonds is 4. The van der Waals surface area contributed by atoms with Crippen LogP contribution < -0.4 is 5.32 Å². The first-order valence-corrected chi connectivity index (χ1v) is 7.73. The van der Waals surface area contributed by atoms with E-state index in [9.17, 15) is 22.4 Å². The van der Waals surface area contributed by atoms with Crippen LogP contribution in [-0.4, -0.2) is 36.5 Å². The Morgan fingerprint density at radius 1 is 1.30 bits per heavy atom. The van der Waals surface area contributed by atoms with Crippen LogP contribution in [-0.2, 0) is 6.18 Å². The maximum atomic E-state index is 14.2. The summed E-state index contributed by atoms with van der Waals surface area (Å²) in [7, 11) is 0. The van der Waals surface area contributed by atoms with Gasteiger partial charge >= 0.3 is 6.18 Å². The molecule has 0 atom stereocenters. The smallest absolute Gasteiger partial charge is 0.335 e. The monoisotopic (exact) mass is 332 g/mol. The third-order valence-electron chi connectivity index (χ3n) is 4.01. The number of nitrogens with zero attached hydrogens (tertiary/aromatic N) is 1. The fraction of sp³-hybridized carbons (Fsp3) is 0.562. The first kappa shape index (κ1) is 17.7. The Hall–Kier alpha value is -1.63. The summed E-state index contributed by atoms with van der Waals surface area (Å²) >= 11 is 0. The van der Waals surface area contributed by atoms with Crippen molar-refractivity contribution in [2.75, 3.05) is 19.6 Å². The Morgan fingerprint density at radius 2 is 1.96 bits per heavy atom. The van der Waals surface area contributed by atoms with Gasteiger partial charge in [-0.25, -0.2) is 4.39 Å². The lowest BCUT2D eigenvalue weighted by Gasteiger charge is -2.34. The Bertz CT molecular complexity index is 554. The van der Waals surface area contributed by atoms with E-state index in [1.165, 1.54) is 4.90 Å². The first-order valence-electron chi connectivity index (χ1n) is 7.73. The standard InChI is InChI=1S/C16H20F4N2O/c1-2-10-22(11-6-8-21-9-7-11)15(23)12-4-3-5-13(14(12)17)16(18,19)20/h3-5,11,21H,2,6-10H2,1H3. The zero-order chi connectivity index (χ0) is 17.0. The lowest BCUT2D eigenvalue weighted by atomic mass is 10.0. The van der Waals surface area contributed by atoms with E-state index in [0.717, 1.165) is 25.2 Å². The Kier molecular flexibility index (Phi) is 5.62. The molecule has 3 nitrogen and oxygen atoms in total. The van der Waals surface area contributed by atoms with E-state index in [4.69, 9.17) is 0 Å². The Morgan fingerprint density at radius 3 is 2.52 bits per heavy atom. The third kappa shape index (κ3) is 4.02.